The van der Waals surface area contributed by atoms with E-state index in [4.69, 9.17) is 4.74 Å². The first kappa shape index (κ1) is 10.3. The molecule has 0 radical (unpaired) electrons. The van der Waals surface area contributed by atoms with Crippen LogP contribution in [0.5, 0.6) is 0 Å². The molecule has 0 amide bonds. The van der Waals surface area contributed by atoms with Gasteiger partial charge in [0.05, 0.1) is 0 Å². The molecular weight excluding hydrogens is 216 g/mol. The molecule has 2 unspecified atom stereocenters. The minimum absolute atomic E-state index is 0.193. The van der Waals surface area contributed by atoms with Crippen LogP contribution in [0.2, 0.25) is 0 Å². The molecule has 4 heteroatoms. The van der Waals surface area contributed by atoms with Gasteiger partial charge in [0.2, 0.25) is 0 Å². The minimum atomic E-state index is -0.320. The Morgan fingerprint density at radius 2 is 2.30 bits per heavy atom. The molecule has 0 bridgehead atoms. The molecule has 0 aromatic carbocycles. The smallest absolute Gasteiger partial charge is 0.320 e. The van der Waals surface area contributed by atoms with Crippen LogP contribution in [0.1, 0.15) is 20.3 Å². The van der Waals surface area contributed by atoms with Crippen LogP contribution in [-0.4, -0.2) is 16.2 Å². The van der Waals surface area contributed by atoms with E-state index in [0.29, 0.717) is 0 Å². The first-order valence-electron chi connectivity index (χ1n) is 3.10. The standard InChI is InChI=1S/C6H11BrO2S/c1-3-5(7)6(8)9-4(2)10/h4-5,10H,3H2,1-2H3. The van der Waals surface area contributed by atoms with E-state index >= 15 is 0 Å². The summed E-state index contributed by atoms with van der Waals surface area (Å²) in [5.41, 5.74) is -0.320. The normalized spacial score (nSPS) is 16.0. The summed E-state index contributed by atoms with van der Waals surface area (Å²) in [4.78, 5) is 10.7. The zero-order chi connectivity index (χ0) is 8.15. The second-order valence-electron chi connectivity index (χ2n) is 1.91. The van der Waals surface area contributed by atoms with Gasteiger partial charge >= 0.3 is 5.97 Å². The van der Waals surface area contributed by atoms with E-state index in [-0.39, 0.29) is 16.2 Å². The van der Waals surface area contributed by atoms with Crippen molar-refractivity contribution >= 4 is 34.5 Å². The lowest BCUT2D eigenvalue weighted by Crippen LogP contribution is -2.19. The Bertz CT molecular complexity index is 116. The van der Waals surface area contributed by atoms with E-state index in [1.165, 1.54) is 0 Å². The predicted octanol–water partition coefficient (Wildman–Crippen LogP) is 1.98. The summed E-state index contributed by atoms with van der Waals surface area (Å²) in [6, 6.07) is 0. The molecule has 2 atom stereocenters. The van der Waals surface area contributed by atoms with Gasteiger partial charge < -0.3 is 4.74 Å². The number of esters is 1. The summed E-state index contributed by atoms with van der Waals surface area (Å²) in [7, 11) is 0. The van der Waals surface area contributed by atoms with Crippen molar-refractivity contribution in [1.82, 2.24) is 0 Å². The highest BCUT2D eigenvalue weighted by Gasteiger charge is 2.14. The number of halogens is 1. The Labute approximate surface area is 74.9 Å². The summed E-state index contributed by atoms with van der Waals surface area (Å²) < 4.78 is 4.78. The second kappa shape index (κ2) is 5.02. The SMILES string of the molecule is CCC(Br)C(=O)OC(C)S. The Hall–Kier alpha value is 0.300. The maximum Gasteiger partial charge on any atom is 0.320 e. The molecule has 0 spiro atoms. The van der Waals surface area contributed by atoms with E-state index < -0.39 is 0 Å². The van der Waals surface area contributed by atoms with Crippen molar-refractivity contribution < 1.29 is 9.53 Å². The average molecular weight is 227 g/mol. The average Bonchev–Trinajstić information content (AvgIpc) is 1.85. The molecule has 0 aromatic heterocycles. The van der Waals surface area contributed by atoms with Gasteiger partial charge in [-0.05, 0) is 13.3 Å². The monoisotopic (exact) mass is 226 g/mol. The lowest BCUT2D eigenvalue weighted by molar-refractivity contribution is -0.143. The molecule has 10 heavy (non-hydrogen) atoms. The number of rotatable bonds is 3. The molecule has 0 saturated heterocycles. The van der Waals surface area contributed by atoms with Crippen molar-refractivity contribution in [2.24, 2.45) is 0 Å². The van der Waals surface area contributed by atoms with Crippen molar-refractivity contribution in [2.45, 2.75) is 30.5 Å². The molecule has 60 valence electrons. The van der Waals surface area contributed by atoms with Gasteiger partial charge in [-0.15, -0.1) is 12.6 Å². The van der Waals surface area contributed by atoms with Crippen molar-refractivity contribution in [3.05, 3.63) is 0 Å². The molecule has 0 aliphatic heterocycles. The summed E-state index contributed by atoms with van der Waals surface area (Å²) in [5.74, 6) is -0.245. The van der Waals surface area contributed by atoms with E-state index in [0.717, 1.165) is 6.42 Å². The Kier molecular flexibility index (Phi) is 5.17. The lowest BCUT2D eigenvalue weighted by atomic mass is 10.3. The Morgan fingerprint density at radius 1 is 1.80 bits per heavy atom. The second-order valence-corrected chi connectivity index (χ2v) is 3.74. The van der Waals surface area contributed by atoms with E-state index in [2.05, 4.69) is 28.6 Å². The van der Waals surface area contributed by atoms with Crippen molar-refractivity contribution in [3.63, 3.8) is 0 Å². The lowest BCUT2D eigenvalue weighted by Gasteiger charge is -2.09. The summed E-state index contributed by atoms with van der Waals surface area (Å²) in [6.07, 6.45) is 0.735. The highest BCUT2D eigenvalue weighted by Crippen LogP contribution is 2.08. The van der Waals surface area contributed by atoms with E-state index in [1.807, 2.05) is 6.92 Å². The highest BCUT2D eigenvalue weighted by atomic mass is 79.9. The van der Waals surface area contributed by atoms with Crippen LogP contribution in [0.4, 0.5) is 0 Å². The van der Waals surface area contributed by atoms with Crippen LogP contribution in [0, 0.1) is 0 Å². The number of carbonyl (C=O) groups is 1. The van der Waals surface area contributed by atoms with Crippen LogP contribution in [0.3, 0.4) is 0 Å². The maximum atomic E-state index is 10.9. The summed E-state index contributed by atoms with van der Waals surface area (Å²) >= 11 is 7.07. The number of alkyl halides is 1. The van der Waals surface area contributed by atoms with Crippen LogP contribution >= 0.6 is 28.6 Å². The van der Waals surface area contributed by atoms with E-state index in [9.17, 15) is 4.79 Å². The fourth-order valence-corrected chi connectivity index (χ4v) is 0.620. The van der Waals surface area contributed by atoms with Crippen LogP contribution in [-0.2, 0) is 9.53 Å². The van der Waals surface area contributed by atoms with E-state index in [1.54, 1.807) is 6.92 Å². The zero-order valence-electron chi connectivity index (χ0n) is 6.00. The molecule has 0 aliphatic rings. The number of ether oxygens (including phenoxy) is 1. The highest BCUT2D eigenvalue weighted by molar-refractivity contribution is 9.10. The summed E-state index contributed by atoms with van der Waals surface area (Å²) in [6.45, 7) is 3.61. The van der Waals surface area contributed by atoms with Gasteiger partial charge in [0.25, 0.3) is 0 Å². The zero-order valence-corrected chi connectivity index (χ0v) is 8.48. The predicted molar refractivity (Wildman–Crippen MR) is 47.5 cm³/mol. The quantitative estimate of drug-likeness (QED) is 0.345. The van der Waals surface area contributed by atoms with Crippen LogP contribution in [0.15, 0.2) is 0 Å². The molecule has 0 heterocycles. The molecule has 0 aromatic rings. The number of hydrogen-bond donors (Lipinski definition) is 1. The van der Waals surface area contributed by atoms with Gasteiger partial charge in [0.1, 0.15) is 10.3 Å². The number of carbonyl (C=O) groups excluding carboxylic acids is 1. The van der Waals surface area contributed by atoms with Crippen LogP contribution < -0.4 is 0 Å². The van der Waals surface area contributed by atoms with Gasteiger partial charge in [0.15, 0.2) is 0 Å². The topological polar surface area (TPSA) is 26.3 Å². The first-order valence-corrected chi connectivity index (χ1v) is 4.53. The van der Waals surface area contributed by atoms with Gasteiger partial charge in [-0.3, -0.25) is 4.79 Å². The molecule has 2 nitrogen and oxygen atoms in total. The van der Waals surface area contributed by atoms with Crippen molar-refractivity contribution in [2.75, 3.05) is 0 Å². The Balaban J connectivity index is 3.62. The fourth-order valence-electron chi connectivity index (χ4n) is 0.409. The number of hydrogen-bond acceptors (Lipinski definition) is 3. The third-order valence-electron chi connectivity index (χ3n) is 0.901. The fraction of sp³-hybridized carbons (Fsp3) is 0.833. The van der Waals surface area contributed by atoms with Crippen LogP contribution in [0.25, 0.3) is 0 Å². The third-order valence-corrected chi connectivity index (χ3v) is 2.03. The van der Waals surface area contributed by atoms with Gasteiger partial charge in [-0.25, -0.2) is 0 Å². The molecular formula is C6H11BrO2S. The third kappa shape index (κ3) is 4.17. The largest absolute Gasteiger partial charge is 0.451 e. The molecule has 0 saturated carbocycles. The number of thiol groups is 1. The molecule has 0 N–H and O–H groups in total. The summed E-state index contributed by atoms with van der Waals surface area (Å²) in [5, 5.41) is 0. The van der Waals surface area contributed by atoms with Crippen molar-refractivity contribution in [1.29, 1.82) is 0 Å². The maximum absolute atomic E-state index is 10.9. The Morgan fingerprint density at radius 3 is 2.60 bits per heavy atom. The molecule has 0 aliphatic carbocycles. The van der Waals surface area contributed by atoms with Gasteiger partial charge in [-0.2, -0.15) is 0 Å². The van der Waals surface area contributed by atoms with Crippen molar-refractivity contribution in [3.8, 4) is 0 Å². The first-order chi connectivity index (χ1) is 4.57. The van der Waals surface area contributed by atoms with Gasteiger partial charge in [0, 0.05) is 0 Å². The minimum Gasteiger partial charge on any atom is -0.451 e. The molecule has 0 rings (SSSR count). The van der Waals surface area contributed by atoms with Gasteiger partial charge in [-0.1, -0.05) is 22.9 Å². The molecule has 0 fully saturated rings.